The molecule has 1 amide bonds. The molecular formula is C18H16ClN5O. The topological polar surface area (TPSA) is 72.7 Å². The summed E-state index contributed by atoms with van der Waals surface area (Å²) < 4.78 is 2.00. The van der Waals surface area contributed by atoms with Crippen LogP contribution in [-0.4, -0.2) is 25.7 Å². The number of halogens is 1. The van der Waals surface area contributed by atoms with Gasteiger partial charge in [0.15, 0.2) is 5.65 Å². The molecule has 0 saturated heterocycles. The van der Waals surface area contributed by atoms with Crippen LogP contribution in [0.1, 0.15) is 48.9 Å². The van der Waals surface area contributed by atoms with E-state index in [9.17, 15) is 4.79 Å². The van der Waals surface area contributed by atoms with Gasteiger partial charge in [0.2, 0.25) is 5.91 Å². The number of nitrogens with one attached hydrogen (secondary N) is 1. The van der Waals surface area contributed by atoms with Crippen LogP contribution in [-0.2, 0) is 4.79 Å². The zero-order valence-corrected chi connectivity index (χ0v) is 14.2. The lowest BCUT2D eigenvalue weighted by Crippen LogP contribution is -2.15. The standard InChI is InChI=1S/C18H16ClN5O/c19-10-5-6-12-14(7-10)23-18(25)15(12)16-13-8-22-24(11-3-1-2-4-11)17(13)21-9-20-16/h5-9,11,15H,1-4H2,(H,23,25). The molecule has 1 aliphatic heterocycles. The van der Waals surface area contributed by atoms with E-state index in [1.807, 2.05) is 10.7 Å². The average molecular weight is 354 g/mol. The minimum Gasteiger partial charge on any atom is -0.325 e. The van der Waals surface area contributed by atoms with Gasteiger partial charge in [0.05, 0.1) is 23.3 Å². The first-order valence-corrected chi connectivity index (χ1v) is 8.88. The Balaban J connectivity index is 1.66. The van der Waals surface area contributed by atoms with Crippen LogP contribution >= 0.6 is 11.6 Å². The fourth-order valence-electron chi connectivity index (χ4n) is 4.03. The van der Waals surface area contributed by atoms with Crippen molar-refractivity contribution in [2.24, 2.45) is 0 Å². The molecule has 1 unspecified atom stereocenters. The van der Waals surface area contributed by atoms with E-state index >= 15 is 0 Å². The van der Waals surface area contributed by atoms with Gasteiger partial charge in [0.1, 0.15) is 12.2 Å². The van der Waals surface area contributed by atoms with E-state index in [-0.39, 0.29) is 5.91 Å². The van der Waals surface area contributed by atoms with Gasteiger partial charge in [0.25, 0.3) is 0 Å². The Bertz CT molecular complexity index is 992. The number of amides is 1. The number of rotatable bonds is 2. The Labute approximate surface area is 149 Å². The molecule has 2 aliphatic rings. The number of carbonyl (C=O) groups is 1. The van der Waals surface area contributed by atoms with Crippen molar-refractivity contribution in [3.8, 4) is 0 Å². The number of aromatic nitrogens is 4. The second kappa shape index (κ2) is 5.52. The highest BCUT2D eigenvalue weighted by Gasteiger charge is 2.35. The van der Waals surface area contributed by atoms with E-state index in [4.69, 9.17) is 11.6 Å². The molecule has 126 valence electrons. The SMILES string of the molecule is O=C1Nc2cc(Cl)ccc2C1c1ncnc2c1cnn2C1CCCC1. The van der Waals surface area contributed by atoms with Gasteiger partial charge in [-0.1, -0.05) is 30.5 Å². The van der Waals surface area contributed by atoms with Crippen molar-refractivity contribution >= 4 is 34.2 Å². The number of nitrogens with zero attached hydrogens (tertiary/aromatic N) is 4. The molecule has 0 bridgehead atoms. The second-order valence-electron chi connectivity index (χ2n) is 6.68. The monoisotopic (exact) mass is 353 g/mol. The predicted octanol–water partition coefficient (Wildman–Crippen LogP) is 3.68. The molecule has 1 fully saturated rings. The van der Waals surface area contributed by atoms with Crippen LogP contribution in [0.25, 0.3) is 11.0 Å². The van der Waals surface area contributed by atoms with E-state index < -0.39 is 5.92 Å². The Morgan fingerprint density at radius 1 is 1.20 bits per heavy atom. The lowest BCUT2D eigenvalue weighted by atomic mass is 9.95. The van der Waals surface area contributed by atoms with Crippen LogP contribution in [0.15, 0.2) is 30.7 Å². The van der Waals surface area contributed by atoms with Crippen molar-refractivity contribution in [2.75, 3.05) is 5.32 Å². The van der Waals surface area contributed by atoms with Crippen molar-refractivity contribution in [3.63, 3.8) is 0 Å². The van der Waals surface area contributed by atoms with Crippen LogP contribution < -0.4 is 5.32 Å². The zero-order chi connectivity index (χ0) is 17.0. The molecule has 7 heteroatoms. The smallest absolute Gasteiger partial charge is 0.238 e. The average Bonchev–Trinajstić information content (AvgIpc) is 3.31. The van der Waals surface area contributed by atoms with Gasteiger partial charge in [0, 0.05) is 10.7 Å². The summed E-state index contributed by atoms with van der Waals surface area (Å²) in [4.78, 5) is 21.5. The summed E-state index contributed by atoms with van der Waals surface area (Å²) in [5, 5.41) is 8.91. The molecule has 1 atom stereocenters. The summed E-state index contributed by atoms with van der Waals surface area (Å²) in [6, 6.07) is 5.85. The van der Waals surface area contributed by atoms with E-state index in [2.05, 4.69) is 20.4 Å². The Hall–Kier alpha value is -2.47. The normalized spacial score (nSPS) is 20.2. The van der Waals surface area contributed by atoms with Crippen molar-refractivity contribution in [2.45, 2.75) is 37.6 Å². The Morgan fingerprint density at radius 3 is 2.88 bits per heavy atom. The van der Waals surface area contributed by atoms with Gasteiger partial charge < -0.3 is 5.32 Å². The summed E-state index contributed by atoms with van der Waals surface area (Å²) >= 11 is 6.05. The first kappa shape index (κ1) is 14.8. The van der Waals surface area contributed by atoms with Gasteiger partial charge in [-0.2, -0.15) is 5.10 Å². The molecule has 2 aromatic heterocycles. The molecular weight excluding hydrogens is 338 g/mol. The van der Waals surface area contributed by atoms with Gasteiger partial charge in [-0.15, -0.1) is 0 Å². The van der Waals surface area contributed by atoms with Crippen molar-refractivity contribution in [1.29, 1.82) is 0 Å². The van der Waals surface area contributed by atoms with Gasteiger partial charge in [-0.05, 0) is 30.5 Å². The fraction of sp³-hybridized carbons (Fsp3) is 0.333. The van der Waals surface area contributed by atoms with E-state index in [0.717, 1.165) is 35.1 Å². The molecule has 5 rings (SSSR count). The summed E-state index contributed by atoms with van der Waals surface area (Å²) in [7, 11) is 0. The minimum absolute atomic E-state index is 0.0918. The van der Waals surface area contributed by atoms with Crippen LogP contribution in [0.2, 0.25) is 5.02 Å². The maximum atomic E-state index is 12.6. The number of benzene rings is 1. The number of hydrogen-bond acceptors (Lipinski definition) is 4. The van der Waals surface area contributed by atoms with E-state index in [0.29, 0.717) is 16.8 Å². The summed E-state index contributed by atoms with van der Waals surface area (Å²) in [5.41, 5.74) is 3.15. The van der Waals surface area contributed by atoms with E-state index in [1.54, 1.807) is 18.3 Å². The number of fused-ring (bicyclic) bond motifs is 2. The quantitative estimate of drug-likeness (QED) is 0.762. The highest BCUT2D eigenvalue weighted by atomic mass is 35.5. The van der Waals surface area contributed by atoms with Crippen molar-refractivity contribution in [3.05, 3.63) is 47.0 Å². The minimum atomic E-state index is -0.459. The van der Waals surface area contributed by atoms with Crippen LogP contribution in [0.5, 0.6) is 0 Å². The largest absolute Gasteiger partial charge is 0.325 e. The summed E-state index contributed by atoms with van der Waals surface area (Å²) in [6.07, 6.45) is 8.03. The first-order valence-electron chi connectivity index (χ1n) is 8.51. The third-order valence-electron chi connectivity index (χ3n) is 5.21. The third-order valence-corrected chi connectivity index (χ3v) is 5.45. The van der Waals surface area contributed by atoms with Crippen LogP contribution in [0, 0.1) is 0 Å². The van der Waals surface area contributed by atoms with Gasteiger partial charge in [-0.25, -0.2) is 14.6 Å². The van der Waals surface area contributed by atoms with Crippen LogP contribution in [0.3, 0.4) is 0 Å². The number of carbonyl (C=O) groups excluding carboxylic acids is 1. The van der Waals surface area contributed by atoms with Crippen molar-refractivity contribution < 1.29 is 4.79 Å². The zero-order valence-electron chi connectivity index (χ0n) is 13.4. The molecule has 0 spiro atoms. The highest BCUT2D eigenvalue weighted by molar-refractivity contribution is 6.31. The number of anilines is 1. The number of hydrogen-bond donors (Lipinski definition) is 1. The Morgan fingerprint density at radius 2 is 2.04 bits per heavy atom. The molecule has 3 heterocycles. The predicted molar refractivity (Wildman–Crippen MR) is 94.8 cm³/mol. The summed E-state index contributed by atoms with van der Waals surface area (Å²) in [5.74, 6) is -0.551. The lowest BCUT2D eigenvalue weighted by Gasteiger charge is -2.12. The maximum Gasteiger partial charge on any atom is 0.238 e. The molecule has 1 aliphatic carbocycles. The molecule has 1 N–H and O–H groups in total. The highest BCUT2D eigenvalue weighted by Crippen LogP contribution is 2.40. The van der Waals surface area contributed by atoms with Crippen molar-refractivity contribution in [1.82, 2.24) is 19.7 Å². The molecule has 1 aromatic carbocycles. The van der Waals surface area contributed by atoms with E-state index in [1.165, 1.54) is 19.2 Å². The van der Waals surface area contributed by atoms with Gasteiger partial charge in [-0.3, -0.25) is 4.79 Å². The third kappa shape index (κ3) is 2.24. The lowest BCUT2D eigenvalue weighted by molar-refractivity contribution is -0.116. The van der Waals surface area contributed by atoms with Gasteiger partial charge >= 0.3 is 0 Å². The van der Waals surface area contributed by atoms with Crippen LogP contribution in [0.4, 0.5) is 5.69 Å². The molecule has 0 radical (unpaired) electrons. The molecule has 6 nitrogen and oxygen atoms in total. The maximum absolute atomic E-state index is 12.6. The fourth-order valence-corrected chi connectivity index (χ4v) is 4.20. The summed E-state index contributed by atoms with van der Waals surface area (Å²) in [6.45, 7) is 0. The molecule has 25 heavy (non-hydrogen) atoms. The Kier molecular flexibility index (Phi) is 3.28. The second-order valence-corrected chi connectivity index (χ2v) is 7.11. The first-order chi connectivity index (χ1) is 12.2. The molecule has 1 saturated carbocycles. The molecule has 3 aromatic rings.